The summed E-state index contributed by atoms with van der Waals surface area (Å²) in [5.74, 6) is 1.18. The number of aromatic nitrogens is 4. The number of nitrogens with zero attached hydrogens (tertiary/aromatic N) is 5. The quantitative estimate of drug-likeness (QED) is 0.142. The molecule has 0 bridgehead atoms. The van der Waals surface area contributed by atoms with Gasteiger partial charge in [-0.05, 0) is 40.4 Å². The molecule has 2 N–H and O–H groups in total. The predicted octanol–water partition coefficient (Wildman–Crippen LogP) is 6.09. The molecule has 0 fully saturated rings. The molecule has 12 heteroatoms. The van der Waals surface area contributed by atoms with Crippen molar-refractivity contribution in [2.45, 2.75) is 58.2 Å². The second kappa shape index (κ2) is 15.3. The van der Waals surface area contributed by atoms with Crippen molar-refractivity contribution < 1.29 is 18.7 Å². The summed E-state index contributed by atoms with van der Waals surface area (Å²) in [6.07, 6.45) is 2.44. The van der Waals surface area contributed by atoms with Gasteiger partial charge in [-0.3, -0.25) is 10.00 Å². The first-order chi connectivity index (χ1) is 23.6. The molecule has 49 heavy (non-hydrogen) atoms. The number of methoxy groups -OCH3 is 2. The van der Waals surface area contributed by atoms with E-state index in [-0.39, 0.29) is 17.0 Å². The normalized spacial score (nSPS) is 12.3. The Morgan fingerprint density at radius 3 is 2.24 bits per heavy atom. The zero-order chi connectivity index (χ0) is 35.0. The van der Waals surface area contributed by atoms with Crippen LogP contribution in [0.2, 0.25) is 5.04 Å². The van der Waals surface area contributed by atoms with Gasteiger partial charge in [-0.15, -0.1) is 0 Å². The van der Waals surface area contributed by atoms with Gasteiger partial charge in [-0.1, -0.05) is 94.4 Å². The SMILES string of the molecule is CC[C@@H](CCO[Si](c1ccccc1)(c1ccccc1)C(C)(C)C)Nc1nc(NC(=O)OC)nc2cnn(Cc3ccc(C#N)cc3OC)c12. The molecule has 3 aromatic carbocycles. The minimum absolute atomic E-state index is 0.0323. The molecule has 11 nitrogen and oxygen atoms in total. The fourth-order valence-corrected chi connectivity index (χ4v) is 10.8. The van der Waals surface area contributed by atoms with E-state index in [0.29, 0.717) is 47.7 Å². The maximum atomic E-state index is 12.1. The van der Waals surface area contributed by atoms with E-state index in [1.165, 1.54) is 17.5 Å². The van der Waals surface area contributed by atoms with Crippen LogP contribution in [0.3, 0.4) is 0 Å². The molecule has 0 saturated carbocycles. The molecule has 2 heterocycles. The maximum Gasteiger partial charge on any atom is 0.413 e. The van der Waals surface area contributed by atoms with E-state index in [2.05, 4.69) is 103 Å². The number of fused-ring (bicyclic) bond motifs is 1. The topological polar surface area (TPSA) is 136 Å². The summed E-state index contributed by atoms with van der Waals surface area (Å²) in [6.45, 7) is 9.78. The molecule has 5 rings (SSSR count). The van der Waals surface area contributed by atoms with Gasteiger partial charge in [0.15, 0.2) is 5.82 Å². The van der Waals surface area contributed by atoms with Gasteiger partial charge < -0.3 is 19.2 Å². The largest absolute Gasteiger partial charge is 0.496 e. The first-order valence-electron chi connectivity index (χ1n) is 16.3. The van der Waals surface area contributed by atoms with Crippen LogP contribution in [-0.2, 0) is 15.7 Å². The molecule has 254 valence electrons. The van der Waals surface area contributed by atoms with Crippen LogP contribution in [-0.4, -0.2) is 61.0 Å². The van der Waals surface area contributed by atoms with Crippen LogP contribution < -0.4 is 25.7 Å². The average molecular weight is 678 g/mol. The standard InChI is InChI=1S/C37H43N7O4Si/c1-7-28(20-21-48-49(37(2,3)4,29-14-10-8-11-15-29)30-16-12-9-13-17-30)40-34-33-31(41-35(42-34)43-36(45)47-6)24-39-44(33)25-27-19-18-26(23-38)22-32(27)46-5/h8-19,22,24,28H,7,20-21,25H2,1-6H3,(H2,40,41,42,43,45)/t28-/m0/s1. The molecular weight excluding hydrogens is 635 g/mol. The zero-order valence-corrected chi connectivity index (χ0v) is 29.9. The van der Waals surface area contributed by atoms with E-state index in [4.69, 9.17) is 18.9 Å². The first-order valence-corrected chi connectivity index (χ1v) is 18.2. The number of hydrogen-bond donors (Lipinski definition) is 2. The van der Waals surface area contributed by atoms with E-state index < -0.39 is 14.4 Å². The molecule has 0 spiro atoms. The lowest BCUT2D eigenvalue weighted by Crippen LogP contribution is -2.66. The summed E-state index contributed by atoms with van der Waals surface area (Å²) < 4.78 is 19.4. The van der Waals surface area contributed by atoms with Crippen molar-refractivity contribution in [3.63, 3.8) is 0 Å². The highest BCUT2D eigenvalue weighted by Gasteiger charge is 2.50. The van der Waals surface area contributed by atoms with E-state index in [1.807, 2.05) is 18.2 Å². The predicted molar refractivity (Wildman–Crippen MR) is 194 cm³/mol. The number of ether oxygens (including phenoxy) is 2. The van der Waals surface area contributed by atoms with Crippen LogP contribution in [0.15, 0.2) is 85.1 Å². The van der Waals surface area contributed by atoms with E-state index in [0.717, 1.165) is 12.0 Å². The number of anilines is 2. The summed E-state index contributed by atoms with van der Waals surface area (Å²) in [6, 6.07) is 28.6. The van der Waals surface area contributed by atoms with Crippen LogP contribution in [0.5, 0.6) is 5.75 Å². The highest BCUT2D eigenvalue weighted by atomic mass is 28.4. The van der Waals surface area contributed by atoms with Crippen molar-refractivity contribution in [2.24, 2.45) is 0 Å². The second-order valence-electron chi connectivity index (χ2n) is 12.7. The lowest BCUT2D eigenvalue weighted by Gasteiger charge is -2.43. The number of nitrogens with one attached hydrogen (secondary N) is 2. The summed E-state index contributed by atoms with van der Waals surface area (Å²) in [5.41, 5.74) is 2.53. The highest BCUT2D eigenvalue weighted by Crippen LogP contribution is 2.37. The van der Waals surface area contributed by atoms with Crippen molar-refractivity contribution in [3.05, 3.63) is 96.2 Å². The van der Waals surface area contributed by atoms with E-state index in [9.17, 15) is 10.1 Å². The number of hydrogen-bond acceptors (Lipinski definition) is 9. The molecule has 0 aliphatic rings. The molecule has 0 radical (unpaired) electrons. The van der Waals surface area contributed by atoms with Gasteiger partial charge in [0.1, 0.15) is 16.8 Å². The highest BCUT2D eigenvalue weighted by molar-refractivity contribution is 6.99. The summed E-state index contributed by atoms with van der Waals surface area (Å²) in [7, 11) is 0.144. The van der Waals surface area contributed by atoms with Crippen LogP contribution in [0, 0.1) is 11.3 Å². The Hall–Kier alpha value is -5.25. The number of carbonyl (C=O) groups is 1. The smallest absolute Gasteiger partial charge is 0.413 e. The van der Waals surface area contributed by atoms with Gasteiger partial charge in [0.2, 0.25) is 5.95 Å². The molecular formula is C37H43N7O4Si. The van der Waals surface area contributed by atoms with Crippen LogP contribution in [0.4, 0.5) is 16.6 Å². The Kier molecular flexibility index (Phi) is 11.0. The number of amides is 1. The van der Waals surface area contributed by atoms with Gasteiger partial charge in [0.05, 0.1) is 38.6 Å². The number of benzene rings is 3. The van der Waals surface area contributed by atoms with Crippen LogP contribution >= 0.6 is 0 Å². The lowest BCUT2D eigenvalue weighted by molar-refractivity contribution is 0.186. The molecule has 1 amide bonds. The molecule has 0 saturated heterocycles. The Bertz CT molecular complexity index is 1880. The third kappa shape index (κ3) is 7.58. The van der Waals surface area contributed by atoms with Gasteiger partial charge in [-0.2, -0.15) is 15.3 Å². The minimum Gasteiger partial charge on any atom is -0.496 e. The van der Waals surface area contributed by atoms with Crippen LogP contribution in [0.1, 0.15) is 51.7 Å². The number of rotatable bonds is 13. The Morgan fingerprint density at radius 2 is 1.67 bits per heavy atom. The Balaban J connectivity index is 1.47. The molecule has 0 unspecified atom stereocenters. The molecule has 2 aromatic heterocycles. The lowest BCUT2D eigenvalue weighted by atomic mass is 10.1. The van der Waals surface area contributed by atoms with Gasteiger partial charge in [-0.25, -0.2) is 9.78 Å². The van der Waals surface area contributed by atoms with Gasteiger partial charge in [0.25, 0.3) is 8.32 Å². The van der Waals surface area contributed by atoms with Crippen molar-refractivity contribution >= 4 is 47.6 Å². The number of carbonyl (C=O) groups excluding carboxylic acids is 1. The maximum absolute atomic E-state index is 12.1. The summed E-state index contributed by atoms with van der Waals surface area (Å²) in [5, 5.41) is 22.5. The van der Waals surface area contributed by atoms with Gasteiger partial charge >= 0.3 is 6.09 Å². The molecule has 1 atom stereocenters. The average Bonchev–Trinajstić information content (AvgIpc) is 3.52. The van der Waals surface area contributed by atoms with Crippen molar-refractivity contribution in [3.8, 4) is 11.8 Å². The number of nitriles is 1. The van der Waals surface area contributed by atoms with Crippen LogP contribution in [0.25, 0.3) is 11.0 Å². The third-order valence-electron chi connectivity index (χ3n) is 8.66. The third-order valence-corrected chi connectivity index (χ3v) is 13.7. The zero-order valence-electron chi connectivity index (χ0n) is 28.9. The summed E-state index contributed by atoms with van der Waals surface area (Å²) >= 11 is 0. The molecule has 5 aromatic rings. The summed E-state index contributed by atoms with van der Waals surface area (Å²) in [4.78, 5) is 21.4. The van der Waals surface area contributed by atoms with E-state index >= 15 is 0 Å². The molecule has 0 aliphatic heterocycles. The fraction of sp³-hybridized carbons (Fsp3) is 0.324. The van der Waals surface area contributed by atoms with Gasteiger partial charge in [0, 0.05) is 18.2 Å². The molecule has 0 aliphatic carbocycles. The first kappa shape index (κ1) is 35.1. The van der Waals surface area contributed by atoms with Crippen molar-refractivity contribution in [2.75, 3.05) is 31.5 Å². The Labute approximate surface area is 288 Å². The van der Waals surface area contributed by atoms with Crippen molar-refractivity contribution in [1.29, 1.82) is 5.26 Å². The monoisotopic (exact) mass is 677 g/mol. The Morgan fingerprint density at radius 1 is 1.00 bits per heavy atom. The van der Waals surface area contributed by atoms with Crippen molar-refractivity contribution in [1.82, 2.24) is 19.7 Å². The van der Waals surface area contributed by atoms with E-state index in [1.54, 1.807) is 30.1 Å². The second-order valence-corrected chi connectivity index (χ2v) is 17.0. The minimum atomic E-state index is -2.71. The fourth-order valence-electron chi connectivity index (χ4n) is 6.21.